The summed E-state index contributed by atoms with van der Waals surface area (Å²) in [6.45, 7) is 2.72. The van der Waals surface area contributed by atoms with E-state index in [0.717, 1.165) is 32.2 Å². The molecule has 0 saturated carbocycles. The van der Waals surface area contributed by atoms with E-state index in [9.17, 15) is 0 Å². The maximum absolute atomic E-state index is 8.85. The third kappa shape index (κ3) is 2.86. The van der Waals surface area contributed by atoms with E-state index in [4.69, 9.17) is 11.0 Å². The molecule has 17 heavy (non-hydrogen) atoms. The van der Waals surface area contributed by atoms with Crippen molar-refractivity contribution in [3.05, 3.63) is 17.7 Å². The van der Waals surface area contributed by atoms with Crippen LogP contribution in [0.25, 0.3) is 0 Å². The van der Waals surface area contributed by atoms with Crippen LogP contribution < -0.4 is 5.73 Å². The van der Waals surface area contributed by atoms with E-state index in [-0.39, 0.29) is 0 Å². The number of rotatable bonds is 4. The van der Waals surface area contributed by atoms with Crippen molar-refractivity contribution in [3.8, 4) is 6.07 Å². The third-order valence-corrected chi connectivity index (χ3v) is 3.46. The van der Waals surface area contributed by atoms with Crippen LogP contribution in [0.1, 0.15) is 44.0 Å². The molecule has 0 saturated heterocycles. The van der Waals surface area contributed by atoms with Gasteiger partial charge in [-0.3, -0.25) is 0 Å². The molecule has 0 amide bonds. The lowest BCUT2D eigenvalue weighted by atomic mass is 9.99. The second kappa shape index (κ2) is 4.89. The Labute approximate surface area is 102 Å². The molecule has 0 spiro atoms. The van der Waals surface area contributed by atoms with Crippen molar-refractivity contribution in [2.45, 2.75) is 57.5 Å². The van der Waals surface area contributed by atoms with Crippen molar-refractivity contribution in [3.63, 3.8) is 0 Å². The molecule has 0 aliphatic heterocycles. The van der Waals surface area contributed by atoms with Gasteiger partial charge in [0.15, 0.2) is 0 Å². The molecule has 1 aromatic heterocycles. The van der Waals surface area contributed by atoms with Gasteiger partial charge in [-0.15, -0.1) is 0 Å². The Balaban J connectivity index is 1.92. The Kier molecular flexibility index (Phi) is 3.49. The lowest BCUT2D eigenvalue weighted by molar-refractivity contribution is 0.480. The summed E-state index contributed by atoms with van der Waals surface area (Å²) in [4.78, 5) is 4.46. The maximum atomic E-state index is 8.85. The van der Waals surface area contributed by atoms with E-state index in [2.05, 4.69) is 15.6 Å². The fourth-order valence-electron chi connectivity index (χ4n) is 2.40. The van der Waals surface area contributed by atoms with E-state index in [1.807, 2.05) is 6.33 Å². The average molecular weight is 232 g/mol. The topological polar surface area (TPSA) is 67.6 Å². The van der Waals surface area contributed by atoms with Crippen molar-refractivity contribution in [1.82, 2.24) is 9.55 Å². The molecule has 0 aromatic carbocycles. The van der Waals surface area contributed by atoms with E-state index in [1.54, 1.807) is 6.92 Å². The van der Waals surface area contributed by atoms with Gasteiger partial charge in [-0.25, -0.2) is 4.98 Å². The average Bonchev–Trinajstić information content (AvgIpc) is 2.73. The molecule has 92 valence electrons. The first kappa shape index (κ1) is 12.1. The first-order valence-corrected chi connectivity index (χ1v) is 6.35. The second-order valence-electron chi connectivity index (χ2n) is 5.17. The smallest absolute Gasteiger partial charge is 0.101 e. The number of nitriles is 1. The summed E-state index contributed by atoms with van der Waals surface area (Å²) in [6.07, 6.45) is 8.41. The van der Waals surface area contributed by atoms with Gasteiger partial charge in [-0.1, -0.05) is 0 Å². The minimum atomic E-state index is -0.694. The van der Waals surface area contributed by atoms with Crippen LogP contribution in [0.2, 0.25) is 0 Å². The summed E-state index contributed by atoms with van der Waals surface area (Å²) in [5, 5.41) is 8.85. The molecule has 1 heterocycles. The van der Waals surface area contributed by atoms with Crippen LogP contribution in [0.15, 0.2) is 6.33 Å². The van der Waals surface area contributed by atoms with Crippen LogP contribution >= 0.6 is 0 Å². The fraction of sp³-hybridized carbons (Fsp3) is 0.692. The number of hydrogen-bond donors (Lipinski definition) is 1. The van der Waals surface area contributed by atoms with Gasteiger partial charge in [0.25, 0.3) is 0 Å². The highest BCUT2D eigenvalue weighted by atomic mass is 15.1. The van der Waals surface area contributed by atoms with Crippen LogP contribution in [0.4, 0.5) is 0 Å². The summed E-state index contributed by atoms with van der Waals surface area (Å²) in [6, 6.07) is 2.14. The highest BCUT2D eigenvalue weighted by molar-refractivity contribution is 5.16. The first-order valence-electron chi connectivity index (χ1n) is 6.35. The predicted octanol–water partition coefficient (Wildman–Crippen LogP) is 1.78. The van der Waals surface area contributed by atoms with Gasteiger partial charge in [-0.2, -0.15) is 5.26 Å². The van der Waals surface area contributed by atoms with Crippen LogP contribution in [0.3, 0.4) is 0 Å². The molecule has 4 nitrogen and oxygen atoms in total. The number of nitrogens with two attached hydrogens (primary N) is 1. The van der Waals surface area contributed by atoms with Gasteiger partial charge in [0.05, 0.1) is 18.1 Å². The molecule has 0 bridgehead atoms. The highest BCUT2D eigenvalue weighted by Gasteiger charge is 2.18. The number of aromatic nitrogens is 2. The lowest BCUT2D eigenvalue weighted by Gasteiger charge is -2.17. The van der Waals surface area contributed by atoms with Gasteiger partial charge in [0.1, 0.15) is 5.54 Å². The van der Waals surface area contributed by atoms with Crippen LogP contribution in [0.5, 0.6) is 0 Å². The van der Waals surface area contributed by atoms with E-state index in [1.165, 1.54) is 24.2 Å². The number of fused-ring (bicyclic) bond motifs is 1. The van der Waals surface area contributed by atoms with Crippen LogP contribution in [-0.4, -0.2) is 15.1 Å². The summed E-state index contributed by atoms with van der Waals surface area (Å²) >= 11 is 0. The molecule has 1 aliphatic carbocycles. The summed E-state index contributed by atoms with van der Waals surface area (Å²) in [5.41, 5.74) is 7.78. The van der Waals surface area contributed by atoms with Crippen molar-refractivity contribution >= 4 is 0 Å². The van der Waals surface area contributed by atoms with E-state index >= 15 is 0 Å². The zero-order valence-electron chi connectivity index (χ0n) is 10.4. The number of aryl methyl sites for hydroxylation is 2. The van der Waals surface area contributed by atoms with Crippen molar-refractivity contribution in [2.75, 3.05) is 0 Å². The van der Waals surface area contributed by atoms with E-state index in [0.29, 0.717) is 0 Å². The van der Waals surface area contributed by atoms with Gasteiger partial charge in [0, 0.05) is 12.2 Å². The summed E-state index contributed by atoms with van der Waals surface area (Å²) in [5.74, 6) is 0. The SMILES string of the molecule is CC(N)(C#N)CCCn1cnc2c1CCCC2. The molecular formula is C13H20N4. The standard InChI is InChI=1S/C13H20N4/c1-13(15,9-14)7-4-8-17-10-16-11-5-2-3-6-12(11)17/h10H,2-8,15H2,1H3. The lowest BCUT2D eigenvalue weighted by Crippen LogP contribution is -2.34. The number of nitrogens with zero attached hydrogens (tertiary/aromatic N) is 3. The van der Waals surface area contributed by atoms with E-state index < -0.39 is 5.54 Å². The maximum Gasteiger partial charge on any atom is 0.101 e. The molecular weight excluding hydrogens is 212 g/mol. The Morgan fingerprint density at radius 1 is 1.53 bits per heavy atom. The molecule has 4 heteroatoms. The van der Waals surface area contributed by atoms with Crippen molar-refractivity contribution in [1.29, 1.82) is 5.26 Å². The van der Waals surface area contributed by atoms with Crippen LogP contribution in [0, 0.1) is 11.3 Å². The zero-order valence-corrected chi connectivity index (χ0v) is 10.4. The predicted molar refractivity (Wildman–Crippen MR) is 66.3 cm³/mol. The Bertz CT molecular complexity index is 425. The molecule has 1 aromatic rings. The summed E-state index contributed by atoms with van der Waals surface area (Å²) in [7, 11) is 0. The second-order valence-corrected chi connectivity index (χ2v) is 5.17. The molecule has 2 rings (SSSR count). The molecule has 1 aliphatic rings. The summed E-state index contributed by atoms with van der Waals surface area (Å²) < 4.78 is 2.24. The molecule has 1 atom stereocenters. The Hall–Kier alpha value is -1.34. The van der Waals surface area contributed by atoms with Gasteiger partial charge in [0.2, 0.25) is 0 Å². The van der Waals surface area contributed by atoms with Crippen molar-refractivity contribution in [2.24, 2.45) is 5.73 Å². The first-order chi connectivity index (χ1) is 8.12. The minimum Gasteiger partial charge on any atom is -0.334 e. The molecule has 0 radical (unpaired) electrons. The Morgan fingerprint density at radius 3 is 3.06 bits per heavy atom. The van der Waals surface area contributed by atoms with Gasteiger partial charge in [-0.05, 0) is 45.4 Å². The van der Waals surface area contributed by atoms with Gasteiger partial charge < -0.3 is 10.3 Å². The van der Waals surface area contributed by atoms with Crippen LogP contribution in [-0.2, 0) is 19.4 Å². The molecule has 0 fully saturated rings. The minimum absolute atomic E-state index is 0.694. The molecule has 1 unspecified atom stereocenters. The zero-order chi connectivity index (χ0) is 12.3. The highest BCUT2D eigenvalue weighted by Crippen LogP contribution is 2.20. The third-order valence-electron chi connectivity index (χ3n) is 3.46. The number of hydrogen-bond acceptors (Lipinski definition) is 3. The Morgan fingerprint density at radius 2 is 2.29 bits per heavy atom. The quantitative estimate of drug-likeness (QED) is 0.860. The molecule has 2 N–H and O–H groups in total. The van der Waals surface area contributed by atoms with Gasteiger partial charge >= 0.3 is 0 Å². The monoisotopic (exact) mass is 232 g/mol. The van der Waals surface area contributed by atoms with Crippen molar-refractivity contribution < 1.29 is 0 Å². The largest absolute Gasteiger partial charge is 0.334 e. The fourth-order valence-corrected chi connectivity index (χ4v) is 2.40. The normalized spacial score (nSPS) is 18.2. The number of imidazole rings is 1.